The molecule has 0 aliphatic heterocycles. The molecule has 3 nitrogen and oxygen atoms in total. The van der Waals surface area contributed by atoms with Crippen LogP contribution in [0.2, 0.25) is 10.0 Å². The van der Waals surface area contributed by atoms with Gasteiger partial charge in [0.1, 0.15) is 5.82 Å². The Morgan fingerprint density at radius 1 is 1.28 bits per heavy atom. The van der Waals surface area contributed by atoms with E-state index in [0.717, 1.165) is 35.1 Å². The average molecular weight is 302 g/mol. The number of H-pyrrole nitrogens is 1. The summed E-state index contributed by atoms with van der Waals surface area (Å²) in [7, 11) is 0. The fourth-order valence-corrected chi connectivity index (χ4v) is 2.55. The monoisotopic (exact) mass is 301 g/mol. The molecule has 1 aromatic heterocycles. The number of nitrogens with zero attached hydrogens (tertiary/aromatic N) is 2. The van der Waals surface area contributed by atoms with Gasteiger partial charge in [0.2, 0.25) is 5.16 Å². The topological polar surface area (TPSA) is 41.6 Å². The summed E-state index contributed by atoms with van der Waals surface area (Å²) >= 11 is 13.4. The van der Waals surface area contributed by atoms with Gasteiger partial charge in [-0.3, -0.25) is 5.10 Å². The molecule has 0 saturated heterocycles. The van der Waals surface area contributed by atoms with Crippen LogP contribution in [0.15, 0.2) is 23.4 Å². The van der Waals surface area contributed by atoms with Gasteiger partial charge in [0, 0.05) is 12.2 Å². The first-order valence-corrected chi connectivity index (χ1v) is 7.41. The molecule has 0 amide bonds. The van der Waals surface area contributed by atoms with Crippen molar-refractivity contribution in [2.75, 3.05) is 0 Å². The Balaban J connectivity index is 1.95. The summed E-state index contributed by atoms with van der Waals surface area (Å²) in [6, 6.07) is 5.64. The summed E-state index contributed by atoms with van der Waals surface area (Å²) in [5, 5.41) is 9.02. The van der Waals surface area contributed by atoms with Gasteiger partial charge in [-0.15, -0.1) is 5.10 Å². The summed E-state index contributed by atoms with van der Waals surface area (Å²) in [6.07, 6.45) is 1.99. The van der Waals surface area contributed by atoms with Gasteiger partial charge in [0.25, 0.3) is 0 Å². The fourth-order valence-electron chi connectivity index (χ4n) is 1.47. The Bertz CT molecular complexity index is 528. The van der Waals surface area contributed by atoms with Crippen LogP contribution in [0.25, 0.3) is 0 Å². The first-order valence-electron chi connectivity index (χ1n) is 5.67. The molecule has 1 N–H and O–H groups in total. The summed E-state index contributed by atoms with van der Waals surface area (Å²) in [5.41, 5.74) is 1.11. The molecule has 1 aromatic carbocycles. The lowest BCUT2D eigenvalue weighted by molar-refractivity contribution is 0.840. The average Bonchev–Trinajstić information content (AvgIpc) is 2.79. The van der Waals surface area contributed by atoms with E-state index in [0.29, 0.717) is 10.0 Å². The van der Waals surface area contributed by atoms with Gasteiger partial charge < -0.3 is 0 Å². The molecule has 6 heteroatoms. The molecule has 0 radical (unpaired) electrons. The zero-order valence-corrected chi connectivity index (χ0v) is 12.2. The van der Waals surface area contributed by atoms with Crippen LogP contribution >= 0.6 is 35.0 Å². The molecule has 1 heterocycles. The maximum absolute atomic E-state index is 5.96. The van der Waals surface area contributed by atoms with Crippen LogP contribution < -0.4 is 0 Å². The first kappa shape index (κ1) is 13.7. The third kappa shape index (κ3) is 3.64. The third-order valence-electron chi connectivity index (χ3n) is 2.35. The molecule has 0 atom stereocenters. The van der Waals surface area contributed by atoms with Crippen LogP contribution in [0, 0.1) is 0 Å². The Kier molecular flexibility index (Phi) is 4.92. The Morgan fingerprint density at radius 3 is 2.83 bits per heavy atom. The number of rotatable bonds is 5. The predicted molar refractivity (Wildman–Crippen MR) is 76.4 cm³/mol. The number of thioether (sulfide) groups is 1. The van der Waals surface area contributed by atoms with Crippen molar-refractivity contribution in [3.05, 3.63) is 39.6 Å². The molecule has 18 heavy (non-hydrogen) atoms. The lowest BCUT2D eigenvalue weighted by Crippen LogP contribution is -1.85. The van der Waals surface area contributed by atoms with E-state index in [1.807, 2.05) is 12.1 Å². The van der Waals surface area contributed by atoms with Gasteiger partial charge in [-0.1, -0.05) is 48.0 Å². The molecule has 0 saturated carbocycles. The van der Waals surface area contributed by atoms with E-state index in [4.69, 9.17) is 23.2 Å². The van der Waals surface area contributed by atoms with Crippen LogP contribution in [-0.4, -0.2) is 15.2 Å². The molecular weight excluding hydrogens is 289 g/mol. The van der Waals surface area contributed by atoms with Crippen molar-refractivity contribution in [1.29, 1.82) is 0 Å². The highest BCUT2D eigenvalue weighted by molar-refractivity contribution is 7.98. The van der Waals surface area contributed by atoms with Gasteiger partial charge >= 0.3 is 0 Å². The summed E-state index contributed by atoms with van der Waals surface area (Å²) in [5.74, 6) is 1.72. The van der Waals surface area contributed by atoms with Crippen LogP contribution in [-0.2, 0) is 12.2 Å². The third-order valence-corrected chi connectivity index (χ3v) is 4.01. The number of aryl methyl sites for hydroxylation is 1. The predicted octanol–water partition coefficient (Wildman–Crippen LogP) is 4.36. The highest BCUT2D eigenvalue weighted by Crippen LogP contribution is 2.26. The number of halogens is 2. The van der Waals surface area contributed by atoms with E-state index >= 15 is 0 Å². The van der Waals surface area contributed by atoms with Crippen LogP contribution in [0.1, 0.15) is 24.7 Å². The summed E-state index contributed by atoms with van der Waals surface area (Å²) in [4.78, 5) is 4.39. The van der Waals surface area contributed by atoms with Gasteiger partial charge in [-0.2, -0.15) is 0 Å². The molecule has 0 bridgehead atoms. The van der Waals surface area contributed by atoms with Gasteiger partial charge in [0.05, 0.1) is 10.0 Å². The van der Waals surface area contributed by atoms with E-state index < -0.39 is 0 Å². The minimum absolute atomic E-state index is 0.577. The Morgan fingerprint density at radius 2 is 2.11 bits per heavy atom. The van der Waals surface area contributed by atoms with Crippen LogP contribution in [0.4, 0.5) is 0 Å². The van der Waals surface area contributed by atoms with E-state index in [-0.39, 0.29) is 0 Å². The van der Waals surface area contributed by atoms with E-state index in [1.165, 1.54) is 0 Å². The number of aromatic nitrogens is 3. The number of benzene rings is 1. The summed E-state index contributed by atoms with van der Waals surface area (Å²) in [6.45, 7) is 2.12. The van der Waals surface area contributed by atoms with Gasteiger partial charge in [0.15, 0.2) is 0 Å². The van der Waals surface area contributed by atoms with Crippen molar-refractivity contribution >= 4 is 35.0 Å². The lowest BCUT2D eigenvalue weighted by atomic mass is 10.2. The molecule has 0 spiro atoms. The standard InChI is InChI=1S/C12H13Cl2N3S/c1-2-3-11-15-12(17-16-11)18-7-8-4-5-9(13)10(14)6-8/h4-6H,2-3,7H2,1H3,(H,15,16,17). The molecular formula is C12H13Cl2N3S. The van der Waals surface area contributed by atoms with Crippen molar-refractivity contribution < 1.29 is 0 Å². The number of aromatic amines is 1. The Hall–Kier alpha value is -0.710. The van der Waals surface area contributed by atoms with Crippen molar-refractivity contribution in [2.24, 2.45) is 0 Å². The quantitative estimate of drug-likeness (QED) is 0.835. The molecule has 0 aliphatic carbocycles. The van der Waals surface area contributed by atoms with Crippen LogP contribution in [0.5, 0.6) is 0 Å². The largest absolute Gasteiger partial charge is 0.262 e. The second kappa shape index (κ2) is 6.45. The summed E-state index contributed by atoms with van der Waals surface area (Å²) < 4.78 is 0. The van der Waals surface area contributed by atoms with E-state index in [9.17, 15) is 0 Å². The van der Waals surface area contributed by atoms with Gasteiger partial charge in [-0.25, -0.2) is 4.98 Å². The molecule has 0 aliphatic rings. The molecule has 2 aromatic rings. The number of nitrogens with one attached hydrogen (secondary N) is 1. The highest BCUT2D eigenvalue weighted by atomic mass is 35.5. The molecule has 0 unspecified atom stereocenters. The zero-order chi connectivity index (χ0) is 13.0. The highest BCUT2D eigenvalue weighted by Gasteiger charge is 2.05. The van der Waals surface area contributed by atoms with Gasteiger partial charge in [-0.05, 0) is 24.1 Å². The molecule has 2 rings (SSSR count). The van der Waals surface area contributed by atoms with E-state index in [1.54, 1.807) is 17.8 Å². The first-order chi connectivity index (χ1) is 8.69. The van der Waals surface area contributed by atoms with Crippen molar-refractivity contribution in [3.63, 3.8) is 0 Å². The van der Waals surface area contributed by atoms with Crippen molar-refractivity contribution in [3.8, 4) is 0 Å². The Labute approximate surface area is 120 Å². The maximum atomic E-state index is 5.96. The normalized spacial score (nSPS) is 10.8. The number of hydrogen-bond donors (Lipinski definition) is 1. The lowest BCUT2D eigenvalue weighted by Gasteiger charge is -2.00. The van der Waals surface area contributed by atoms with Crippen molar-refractivity contribution in [1.82, 2.24) is 15.2 Å². The molecule has 96 valence electrons. The second-order valence-corrected chi connectivity index (χ2v) is 5.61. The zero-order valence-electron chi connectivity index (χ0n) is 9.91. The van der Waals surface area contributed by atoms with Crippen LogP contribution in [0.3, 0.4) is 0 Å². The second-order valence-electron chi connectivity index (χ2n) is 3.85. The van der Waals surface area contributed by atoms with E-state index in [2.05, 4.69) is 22.1 Å². The SMILES string of the molecule is CCCc1nc(SCc2ccc(Cl)c(Cl)c2)n[nH]1. The molecule has 0 fully saturated rings. The smallest absolute Gasteiger partial charge is 0.208 e. The minimum Gasteiger partial charge on any atom is -0.262 e. The van der Waals surface area contributed by atoms with Crippen molar-refractivity contribution in [2.45, 2.75) is 30.7 Å². The minimum atomic E-state index is 0.577. The fraction of sp³-hybridized carbons (Fsp3) is 0.333. The number of hydrogen-bond acceptors (Lipinski definition) is 3. The maximum Gasteiger partial charge on any atom is 0.208 e.